The summed E-state index contributed by atoms with van der Waals surface area (Å²) >= 11 is 1.80. The molecule has 0 bridgehead atoms. The monoisotopic (exact) mass is 696 g/mol. The Morgan fingerprint density at radius 3 is 1.62 bits per heavy atom. The van der Waals surface area contributed by atoms with Crippen molar-refractivity contribution < 1.29 is 4.42 Å². The topological polar surface area (TPSA) is 29.3 Å². The van der Waals surface area contributed by atoms with E-state index in [-0.39, 0.29) is 0 Å². The Morgan fingerprint density at radius 2 is 0.943 bits per heavy atom. The van der Waals surface area contributed by atoms with Gasteiger partial charge in [-0.05, 0) is 88.5 Å². The van der Waals surface area contributed by atoms with Crippen LogP contribution >= 0.6 is 11.3 Å². The number of aromatic nitrogens is 1. The van der Waals surface area contributed by atoms with Crippen LogP contribution in [0.2, 0.25) is 0 Å². The fourth-order valence-electron chi connectivity index (χ4n) is 7.28. The van der Waals surface area contributed by atoms with Gasteiger partial charge in [0.25, 0.3) is 0 Å². The minimum atomic E-state index is 0.652. The van der Waals surface area contributed by atoms with Gasteiger partial charge >= 0.3 is 0 Å². The summed E-state index contributed by atoms with van der Waals surface area (Å²) in [6, 6.07) is 68.8. The summed E-state index contributed by atoms with van der Waals surface area (Å²) in [5.74, 6) is 0.652. The van der Waals surface area contributed by atoms with Crippen molar-refractivity contribution in [2.75, 3.05) is 4.90 Å². The SMILES string of the molecule is c1ccc(-c2ccc(N(c3ccc(-c4ccc5c(c4)sc4cc6nc(-c7ccccc7)oc6cc45)cc3)c3ccccc3-c3ccccc3)cc2)cc1. The van der Waals surface area contributed by atoms with Gasteiger partial charge in [0, 0.05) is 42.7 Å². The van der Waals surface area contributed by atoms with E-state index in [2.05, 4.69) is 169 Å². The standard InChI is InChI=1S/C49H32N2OS/c1-4-12-33(13-5-1)34-20-25-39(26-21-34)51(45-19-11-10-18-41(45)36-14-6-2-7-15-36)40-27-22-35(23-28-40)38-24-29-42-43-31-46-44(32-48(43)53-47(42)30-38)50-49(52-46)37-16-8-3-9-17-37/h1-32H. The third-order valence-electron chi connectivity index (χ3n) is 9.92. The van der Waals surface area contributed by atoms with Gasteiger partial charge in [-0.2, -0.15) is 0 Å². The molecule has 2 aromatic heterocycles. The molecule has 0 aliphatic heterocycles. The molecule has 0 N–H and O–H groups in total. The van der Waals surface area contributed by atoms with Gasteiger partial charge in [-0.25, -0.2) is 4.98 Å². The van der Waals surface area contributed by atoms with Crippen molar-refractivity contribution >= 4 is 59.7 Å². The molecule has 10 aromatic rings. The van der Waals surface area contributed by atoms with Crippen LogP contribution in [0.3, 0.4) is 0 Å². The molecule has 0 saturated carbocycles. The van der Waals surface area contributed by atoms with Gasteiger partial charge < -0.3 is 9.32 Å². The number of benzene rings is 8. The van der Waals surface area contributed by atoms with Crippen molar-refractivity contribution in [3.05, 3.63) is 194 Å². The molecule has 0 unspecified atom stereocenters. The third kappa shape index (κ3) is 5.76. The van der Waals surface area contributed by atoms with Crippen LogP contribution in [0.15, 0.2) is 199 Å². The highest BCUT2D eigenvalue weighted by Gasteiger charge is 2.18. The number of anilines is 3. The van der Waals surface area contributed by atoms with Crippen molar-refractivity contribution in [1.82, 2.24) is 4.98 Å². The highest BCUT2D eigenvalue weighted by Crippen LogP contribution is 2.43. The van der Waals surface area contributed by atoms with Crippen LogP contribution in [-0.2, 0) is 0 Å². The lowest BCUT2D eigenvalue weighted by molar-refractivity contribution is 0.620. The van der Waals surface area contributed by atoms with E-state index in [0.717, 1.165) is 33.7 Å². The smallest absolute Gasteiger partial charge is 0.227 e. The van der Waals surface area contributed by atoms with Gasteiger partial charge in [-0.15, -0.1) is 11.3 Å². The second-order valence-corrected chi connectivity index (χ2v) is 14.3. The average molecular weight is 697 g/mol. The van der Waals surface area contributed by atoms with Crippen LogP contribution in [0.25, 0.3) is 76.1 Å². The maximum atomic E-state index is 6.22. The summed E-state index contributed by atoms with van der Waals surface area (Å²) in [5.41, 5.74) is 13.1. The zero-order valence-electron chi connectivity index (χ0n) is 28.7. The van der Waals surface area contributed by atoms with Crippen LogP contribution in [0.4, 0.5) is 17.1 Å². The summed E-state index contributed by atoms with van der Waals surface area (Å²) in [6.45, 7) is 0. The molecule has 0 atom stereocenters. The van der Waals surface area contributed by atoms with Gasteiger partial charge in [0.05, 0.1) is 5.69 Å². The van der Waals surface area contributed by atoms with Gasteiger partial charge in [-0.3, -0.25) is 0 Å². The molecule has 3 nitrogen and oxygen atoms in total. The molecule has 250 valence electrons. The second-order valence-electron chi connectivity index (χ2n) is 13.2. The molecule has 0 fully saturated rings. The molecular formula is C49H32N2OS. The highest BCUT2D eigenvalue weighted by molar-refractivity contribution is 7.25. The number of hydrogen-bond acceptors (Lipinski definition) is 4. The van der Waals surface area contributed by atoms with E-state index >= 15 is 0 Å². The molecule has 2 heterocycles. The number of thiophene rings is 1. The molecule has 53 heavy (non-hydrogen) atoms. The number of para-hydroxylation sites is 1. The highest BCUT2D eigenvalue weighted by atomic mass is 32.1. The fraction of sp³-hybridized carbons (Fsp3) is 0. The summed E-state index contributed by atoms with van der Waals surface area (Å²) in [7, 11) is 0. The Kier molecular flexibility index (Phi) is 7.67. The summed E-state index contributed by atoms with van der Waals surface area (Å²) in [6.07, 6.45) is 0. The molecule has 10 rings (SSSR count). The first-order valence-electron chi connectivity index (χ1n) is 17.8. The van der Waals surface area contributed by atoms with Crippen LogP contribution < -0.4 is 4.90 Å². The zero-order chi connectivity index (χ0) is 35.1. The maximum absolute atomic E-state index is 6.22. The Labute approximate surface area is 311 Å². The van der Waals surface area contributed by atoms with Crippen LogP contribution in [0.5, 0.6) is 0 Å². The normalized spacial score (nSPS) is 11.4. The van der Waals surface area contributed by atoms with Crippen LogP contribution in [0, 0.1) is 0 Å². The lowest BCUT2D eigenvalue weighted by atomic mass is 10.00. The van der Waals surface area contributed by atoms with E-state index in [0.29, 0.717) is 5.89 Å². The second kappa shape index (κ2) is 13.1. The Balaban J connectivity index is 1.02. The van der Waals surface area contributed by atoms with E-state index in [1.807, 2.05) is 30.3 Å². The number of nitrogens with zero attached hydrogens (tertiary/aromatic N) is 2. The number of fused-ring (bicyclic) bond motifs is 4. The molecular weight excluding hydrogens is 665 g/mol. The Morgan fingerprint density at radius 1 is 0.415 bits per heavy atom. The lowest BCUT2D eigenvalue weighted by Gasteiger charge is -2.28. The molecule has 0 saturated heterocycles. The van der Waals surface area contributed by atoms with E-state index in [4.69, 9.17) is 9.40 Å². The minimum absolute atomic E-state index is 0.652. The summed E-state index contributed by atoms with van der Waals surface area (Å²) in [5, 5.41) is 2.42. The van der Waals surface area contributed by atoms with Crippen molar-refractivity contribution in [1.29, 1.82) is 0 Å². The molecule has 0 aliphatic carbocycles. The molecule has 0 aliphatic rings. The Hall–Kier alpha value is -6.75. The first kappa shape index (κ1) is 31.0. The van der Waals surface area contributed by atoms with Gasteiger partial charge in [-0.1, -0.05) is 133 Å². The van der Waals surface area contributed by atoms with E-state index < -0.39 is 0 Å². The van der Waals surface area contributed by atoms with Crippen LogP contribution in [-0.4, -0.2) is 4.98 Å². The summed E-state index contributed by atoms with van der Waals surface area (Å²) in [4.78, 5) is 7.18. The van der Waals surface area contributed by atoms with E-state index in [1.54, 1.807) is 11.3 Å². The predicted molar refractivity (Wildman–Crippen MR) is 223 cm³/mol. The third-order valence-corrected chi connectivity index (χ3v) is 11.0. The largest absolute Gasteiger partial charge is 0.436 e. The zero-order valence-corrected chi connectivity index (χ0v) is 29.5. The molecule has 8 aromatic carbocycles. The fourth-order valence-corrected chi connectivity index (χ4v) is 8.44. The molecule has 0 amide bonds. The molecule has 0 radical (unpaired) electrons. The van der Waals surface area contributed by atoms with Crippen molar-refractivity contribution in [3.8, 4) is 44.8 Å². The van der Waals surface area contributed by atoms with E-state index in [9.17, 15) is 0 Å². The van der Waals surface area contributed by atoms with Crippen molar-refractivity contribution in [2.24, 2.45) is 0 Å². The number of rotatable bonds is 7. The predicted octanol–water partition coefficient (Wildman–Crippen LogP) is 14.3. The van der Waals surface area contributed by atoms with Crippen molar-refractivity contribution in [2.45, 2.75) is 0 Å². The lowest BCUT2D eigenvalue weighted by Crippen LogP contribution is -2.11. The number of oxazole rings is 1. The average Bonchev–Trinajstić information content (AvgIpc) is 3.82. The summed E-state index contributed by atoms with van der Waals surface area (Å²) < 4.78 is 8.67. The minimum Gasteiger partial charge on any atom is -0.436 e. The van der Waals surface area contributed by atoms with Crippen molar-refractivity contribution in [3.63, 3.8) is 0 Å². The molecule has 0 spiro atoms. The van der Waals surface area contributed by atoms with E-state index in [1.165, 1.54) is 53.6 Å². The van der Waals surface area contributed by atoms with Gasteiger partial charge in [0.2, 0.25) is 5.89 Å². The van der Waals surface area contributed by atoms with Gasteiger partial charge in [0.1, 0.15) is 5.52 Å². The first-order chi connectivity index (χ1) is 26.2. The van der Waals surface area contributed by atoms with Crippen LogP contribution in [0.1, 0.15) is 0 Å². The molecule has 4 heteroatoms. The quantitative estimate of drug-likeness (QED) is 0.166. The number of hydrogen-bond donors (Lipinski definition) is 0. The first-order valence-corrected chi connectivity index (χ1v) is 18.6. The van der Waals surface area contributed by atoms with Gasteiger partial charge in [0.15, 0.2) is 5.58 Å². The maximum Gasteiger partial charge on any atom is 0.227 e. The Bertz CT molecular complexity index is 2860.